The predicted octanol–water partition coefficient (Wildman–Crippen LogP) is 1.54. The zero-order valence-electron chi connectivity index (χ0n) is 10.7. The molecule has 0 atom stereocenters. The molecule has 0 spiro atoms. The maximum Gasteiger partial charge on any atom is 0.356 e. The minimum Gasteiger partial charge on any atom is -0.304 e. The first-order valence-corrected chi connectivity index (χ1v) is 5.69. The molecule has 0 fully saturated rings. The maximum absolute atomic E-state index is 13.3. The number of carbonyl (C=O) groups excluding carboxylic acids is 2. The van der Waals surface area contributed by atoms with E-state index in [1.54, 1.807) is 6.92 Å². The average molecular weight is 301 g/mol. The molecule has 21 heavy (non-hydrogen) atoms. The third-order valence-electron chi connectivity index (χ3n) is 2.47. The Hall–Kier alpha value is -2.78. The lowest BCUT2D eigenvalue weighted by Crippen LogP contribution is -2.55. The molecule has 0 radical (unpaired) electrons. The molecule has 2 rings (SSSR count). The number of halogens is 3. The minimum absolute atomic E-state index is 0.0273. The first-order chi connectivity index (χ1) is 9.86. The van der Waals surface area contributed by atoms with E-state index in [1.165, 1.54) is 0 Å². The van der Waals surface area contributed by atoms with Crippen LogP contribution in [0.5, 0.6) is 0 Å². The molecule has 4 amide bonds. The number of carbonyl (C=O) groups is 2. The summed E-state index contributed by atoms with van der Waals surface area (Å²) in [7, 11) is 0. The van der Waals surface area contributed by atoms with Gasteiger partial charge in [-0.3, -0.25) is 0 Å². The maximum atomic E-state index is 13.3. The van der Waals surface area contributed by atoms with Crippen molar-refractivity contribution < 1.29 is 22.8 Å². The fourth-order valence-corrected chi connectivity index (χ4v) is 1.52. The predicted molar refractivity (Wildman–Crippen MR) is 66.8 cm³/mol. The highest BCUT2D eigenvalue weighted by Gasteiger charge is 2.21. The normalized spacial score (nSPS) is 14.4. The van der Waals surface area contributed by atoms with Gasteiger partial charge in [0.25, 0.3) is 0 Å². The van der Waals surface area contributed by atoms with Gasteiger partial charge >= 0.3 is 12.1 Å². The Morgan fingerprint density at radius 3 is 2.67 bits per heavy atom. The molecule has 0 bridgehead atoms. The molecule has 10 heteroatoms. The van der Waals surface area contributed by atoms with Gasteiger partial charge in [0, 0.05) is 12.1 Å². The van der Waals surface area contributed by atoms with E-state index in [4.69, 9.17) is 0 Å². The first kappa shape index (κ1) is 14.6. The number of urea groups is 2. The second-order valence-electron chi connectivity index (χ2n) is 4.16. The highest BCUT2D eigenvalue weighted by Crippen LogP contribution is 2.18. The molecule has 1 aromatic carbocycles. The molecule has 0 saturated carbocycles. The standard InChI is InChI=1S/C11H10F3N5O2/c1-5-4-19(11(21)17-16-5)18-10(20)15-9-3-7(13)6(12)2-8(9)14/h2-3H,4H2,1H3,(H,17,21)(H2,15,18,20). The van der Waals surface area contributed by atoms with Crippen LogP contribution in [0.3, 0.4) is 0 Å². The van der Waals surface area contributed by atoms with Crippen LogP contribution < -0.4 is 16.2 Å². The van der Waals surface area contributed by atoms with E-state index in [2.05, 4.69) is 16.0 Å². The Morgan fingerprint density at radius 1 is 1.29 bits per heavy atom. The summed E-state index contributed by atoms with van der Waals surface area (Å²) in [6.07, 6.45) is 0. The van der Waals surface area contributed by atoms with E-state index in [9.17, 15) is 22.8 Å². The van der Waals surface area contributed by atoms with Crippen LogP contribution in [0.2, 0.25) is 0 Å². The lowest BCUT2D eigenvalue weighted by atomic mass is 10.3. The third kappa shape index (κ3) is 3.41. The van der Waals surface area contributed by atoms with Crippen LogP contribution in [0.1, 0.15) is 6.92 Å². The minimum atomic E-state index is -1.37. The van der Waals surface area contributed by atoms with Gasteiger partial charge in [-0.15, -0.1) is 0 Å². The molecule has 0 saturated heterocycles. The highest BCUT2D eigenvalue weighted by atomic mass is 19.2. The van der Waals surface area contributed by atoms with Gasteiger partial charge in [0.05, 0.1) is 17.9 Å². The SMILES string of the molecule is CC1=NNC(=O)N(NC(=O)Nc2cc(F)c(F)cc2F)C1. The number of benzene rings is 1. The summed E-state index contributed by atoms with van der Waals surface area (Å²) in [5, 5.41) is 6.49. The van der Waals surface area contributed by atoms with Gasteiger partial charge < -0.3 is 5.32 Å². The van der Waals surface area contributed by atoms with Crippen molar-refractivity contribution in [3.05, 3.63) is 29.6 Å². The smallest absolute Gasteiger partial charge is 0.304 e. The van der Waals surface area contributed by atoms with E-state index in [0.29, 0.717) is 17.8 Å². The monoisotopic (exact) mass is 301 g/mol. The second-order valence-corrected chi connectivity index (χ2v) is 4.16. The summed E-state index contributed by atoms with van der Waals surface area (Å²) in [4.78, 5) is 23.0. The molecule has 0 aliphatic carbocycles. The lowest BCUT2D eigenvalue weighted by Gasteiger charge is -2.25. The van der Waals surface area contributed by atoms with Crippen LogP contribution in [-0.2, 0) is 0 Å². The van der Waals surface area contributed by atoms with Crippen molar-refractivity contribution in [1.82, 2.24) is 15.9 Å². The van der Waals surface area contributed by atoms with Crippen LogP contribution in [0, 0.1) is 17.5 Å². The Labute approximate surface area is 116 Å². The Kier molecular flexibility index (Phi) is 3.96. The van der Waals surface area contributed by atoms with Gasteiger partial charge in [-0.05, 0) is 6.92 Å². The fourth-order valence-electron chi connectivity index (χ4n) is 1.52. The van der Waals surface area contributed by atoms with E-state index in [-0.39, 0.29) is 6.54 Å². The molecule has 3 N–H and O–H groups in total. The molecular formula is C11H10F3N5O2. The quantitative estimate of drug-likeness (QED) is 0.724. The third-order valence-corrected chi connectivity index (χ3v) is 2.47. The number of anilines is 1. The number of hydrogen-bond donors (Lipinski definition) is 3. The van der Waals surface area contributed by atoms with Crippen LogP contribution in [0.25, 0.3) is 0 Å². The summed E-state index contributed by atoms with van der Waals surface area (Å²) in [6.45, 7) is 1.64. The van der Waals surface area contributed by atoms with Gasteiger partial charge in [-0.25, -0.2) is 38.6 Å². The Balaban J connectivity index is 2.04. The topological polar surface area (TPSA) is 85.8 Å². The molecule has 1 aromatic rings. The van der Waals surface area contributed by atoms with E-state index >= 15 is 0 Å². The van der Waals surface area contributed by atoms with Crippen LogP contribution in [0.4, 0.5) is 28.4 Å². The average Bonchev–Trinajstić information content (AvgIpc) is 2.40. The van der Waals surface area contributed by atoms with Crippen molar-refractivity contribution in [2.24, 2.45) is 5.10 Å². The van der Waals surface area contributed by atoms with Crippen molar-refractivity contribution in [1.29, 1.82) is 0 Å². The van der Waals surface area contributed by atoms with Crippen molar-refractivity contribution in [3.63, 3.8) is 0 Å². The second kappa shape index (κ2) is 5.69. The molecule has 1 aliphatic rings. The van der Waals surface area contributed by atoms with Gasteiger partial charge in [0.15, 0.2) is 11.6 Å². The van der Waals surface area contributed by atoms with Gasteiger partial charge in [-0.1, -0.05) is 0 Å². The molecule has 1 heterocycles. The van der Waals surface area contributed by atoms with Gasteiger partial charge in [0.1, 0.15) is 5.82 Å². The molecule has 0 unspecified atom stereocenters. The van der Waals surface area contributed by atoms with Crippen molar-refractivity contribution >= 4 is 23.5 Å². The number of hydrogen-bond acceptors (Lipinski definition) is 3. The highest BCUT2D eigenvalue weighted by molar-refractivity contribution is 5.95. The Bertz CT molecular complexity index is 635. The largest absolute Gasteiger partial charge is 0.356 e. The van der Waals surface area contributed by atoms with Crippen LogP contribution in [0.15, 0.2) is 17.2 Å². The number of amides is 4. The molecule has 112 valence electrons. The van der Waals surface area contributed by atoms with Gasteiger partial charge in [0.2, 0.25) is 0 Å². The summed E-state index contributed by atoms with van der Waals surface area (Å²) < 4.78 is 39.1. The summed E-state index contributed by atoms with van der Waals surface area (Å²) in [5.41, 5.74) is 4.21. The zero-order valence-corrected chi connectivity index (χ0v) is 10.7. The van der Waals surface area contributed by atoms with Crippen molar-refractivity contribution in [3.8, 4) is 0 Å². The molecule has 1 aliphatic heterocycles. The number of hydrazine groups is 1. The van der Waals surface area contributed by atoms with E-state index < -0.39 is 35.2 Å². The van der Waals surface area contributed by atoms with Crippen LogP contribution >= 0.6 is 0 Å². The van der Waals surface area contributed by atoms with E-state index in [0.717, 1.165) is 5.01 Å². The number of hydrazone groups is 1. The summed E-state index contributed by atoms with van der Waals surface area (Å²) >= 11 is 0. The van der Waals surface area contributed by atoms with E-state index in [1.807, 2.05) is 5.32 Å². The summed E-state index contributed by atoms with van der Waals surface area (Å²) in [5.74, 6) is -3.84. The van der Waals surface area contributed by atoms with Gasteiger partial charge in [-0.2, -0.15) is 5.10 Å². The fraction of sp³-hybridized carbons (Fsp3) is 0.182. The van der Waals surface area contributed by atoms with Crippen LogP contribution in [-0.4, -0.2) is 29.3 Å². The first-order valence-electron chi connectivity index (χ1n) is 5.69. The zero-order chi connectivity index (χ0) is 15.6. The molecular weight excluding hydrogens is 291 g/mol. The Morgan fingerprint density at radius 2 is 1.95 bits per heavy atom. The number of rotatable bonds is 2. The molecule has 0 aromatic heterocycles. The van der Waals surface area contributed by atoms with Crippen molar-refractivity contribution in [2.75, 3.05) is 11.9 Å². The molecule has 7 nitrogen and oxygen atoms in total. The summed E-state index contributed by atoms with van der Waals surface area (Å²) in [6, 6.07) is -0.894. The number of nitrogens with one attached hydrogen (secondary N) is 3. The van der Waals surface area contributed by atoms with Crippen molar-refractivity contribution in [2.45, 2.75) is 6.92 Å². The lowest BCUT2D eigenvalue weighted by molar-refractivity contribution is 0.177. The number of nitrogens with zero attached hydrogens (tertiary/aromatic N) is 2.